The lowest BCUT2D eigenvalue weighted by Crippen LogP contribution is -2.53. The third kappa shape index (κ3) is 6.76. The fourth-order valence-electron chi connectivity index (χ4n) is 3.96. The zero-order chi connectivity index (χ0) is 25.8. The lowest BCUT2D eigenvalue weighted by Gasteiger charge is -2.27. The minimum atomic E-state index is -3.98. The van der Waals surface area contributed by atoms with Crippen LogP contribution in [0.5, 0.6) is 0 Å². The fraction of sp³-hybridized carbons (Fsp3) is 0.500. The molecule has 0 aliphatic carbocycles. The maximum absolute atomic E-state index is 13.2. The summed E-state index contributed by atoms with van der Waals surface area (Å²) in [6.45, 7) is 7.15. The molecule has 1 aliphatic rings. The number of nitrogens with zero attached hydrogens (tertiary/aromatic N) is 2. The van der Waals surface area contributed by atoms with Gasteiger partial charge in [0.1, 0.15) is 6.04 Å². The second kappa shape index (κ2) is 10.7. The van der Waals surface area contributed by atoms with Crippen LogP contribution in [-0.4, -0.2) is 60.0 Å². The number of hydrogen-bond acceptors (Lipinski definition) is 7. The smallest absolute Gasteiger partial charge is 0.287 e. The molecule has 0 unspecified atom stereocenters. The summed E-state index contributed by atoms with van der Waals surface area (Å²) in [6.07, 6.45) is 3.71. The molecule has 1 saturated heterocycles. The first kappa shape index (κ1) is 26.6. The third-order valence-electron chi connectivity index (χ3n) is 5.78. The van der Waals surface area contributed by atoms with Gasteiger partial charge in [0.2, 0.25) is 5.91 Å². The molecule has 3 rings (SSSR count). The van der Waals surface area contributed by atoms with Crippen LogP contribution in [0.3, 0.4) is 0 Å². The normalized spacial score (nSPS) is 20.6. The third-order valence-corrected chi connectivity index (χ3v) is 7.65. The van der Waals surface area contributed by atoms with Gasteiger partial charge in [0, 0.05) is 12.2 Å². The van der Waals surface area contributed by atoms with Gasteiger partial charge in [-0.3, -0.25) is 14.4 Å². The summed E-state index contributed by atoms with van der Waals surface area (Å²) in [5.41, 5.74) is -0.298. The Morgan fingerprint density at radius 1 is 1.20 bits per heavy atom. The van der Waals surface area contributed by atoms with Crippen molar-refractivity contribution in [3.05, 3.63) is 48.6 Å². The molecule has 0 aromatic carbocycles. The molecule has 2 N–H and O–H groups in total. The predicted molar refractivity (Wildman–Crippen MR) is 128 cm³/mol. The number of carbonyl (C=O) groups is 3. The fourth-order valence-corrected chi connectivity index (χ4v) is 5.52. The van der Waals surface area contributed by atoms with Crippen molar-refractivity contribution in [2.75, 3.05) is 6.54 Å². The number of pyridine rings is 1. The topological polar surface area (TPSA) is 139 Å². The predicted octanol–water partition coefficient (Wildman–Crippen LogP) is 2.14. The summed E-state index contributed by atoms with van der Waals surface area (Å²) >= 11 is 0. The minimum absolute atomic E-state index is 0.0754. The van der Waals surface area contributed by atoms with Crippen LogP contribution in [-0.2, 0) is 19.6 Å². The summed E-state index contributed by atoms with van der Waals surface area (Å²) in [5.74, 6) is -1.39. The molecule has 0 saturated carbocycles. The summed E-state index contributed by atoms with van der Waals surface area (Å²) < 4.78 is 32.4. The van der Waals surface area contributed by atoms with Crippen molar-refractivity contribution in [1.82, 2.24) is 19.9 Å². The van der Waals surface area contributed by atoms with Crippen LogP contribution in [0.15, 0.2) is 52.2 Å². The van der Waals surface area contributed by atoms with Gasteiger partial charge >= 0.3 is 0 Å². The van der Waals surface area contributed by atoms with E-state index in [0.717, 1.165) is 4.31 Å². The summed E-state index contributed by atoms with van der Waals surface area (Å²) in [7, 11) is -3.98. The number of aromatic nitrogens is 1. The molecule has 1 aliphatic heterocycles. The molecule has 10 nitrogen and oxygen atoms in total. The van der Waals surface area contributed by atoms with E-state index in [0.29, 0.717) is 12.8 Å². The minimum Gasteiger partial charge on any atom is -0.459 e. The molecule has 11 heteroatoms. The average molecular weight is 505 g/mol. The van der Waals surface area contributed by atoms with Gasteiger partial charge in [-0.15, -0.1) is 0 Å². The largest absolute Gasteiger partial charge is 0.459 e. The van der Waals surface area contributed by atoms with E-state index >= 15 is 0 Å². The van der Waals surface area contributed by atoms with E-state index in [-0.39, 0.29) is 29.2 Å². The van der Waals surface area contributed by atoms with Gasteiger partial charge in [0.15, 0.2) is 16.6 Å². The van der Waals surface area contributed by atoms with Crippen molar-refractivity contribution in [2.24, 2.45) is 5.41 Å². The van der Waals surface area contributed by atoms with E-state index in [4.69, 9.17) is 4.42 Å². The maximum atomic E-state index is 13.2. The Bertz CT molecular complexity index is 1140. The second-order valence-corrected chi connectivity index (χ2v) is 11.8. The number of rotatable bonds is 7. The first-order valence-electron chi connectivity index (χ1n) is 11.5. The van der Waals surface area contributed by atoms with E-state index in [1.807, 2.05) is 20.8 Å². The van der Waals surface area contributed by atoms with E-state index < -0.39 is 45.7 Å². The number of Topliss-reactive ketones (excluding diaryl/α,β-unsaturated/α-hetero) is 1. The van der Waals surface area contributed by atoms with Gasteiger partial charge in [0.05, 0.1) is 18.8 Å². The molecule has 0 radical (unpaired) electrons. The monoisotopic (exact) mass is 504 g/mol. The van der Waals surface area contributed by atoms with Crippen LogP contribution in [0.1, 0.15) is 57.5 Å². The lowest BCUT2D eigenvalue weighted by molar-refractivity contribution is -0.129. The van der Waals surface area contributed by atoms with Gasteiger partial charge < -0.3 is 15.1 Å². The number of amides is 2. The van der Waals surface area contributed by atoms with Gasteiger partial charge in [0.25, 0.3) is 15.9 Å². The molecule has 1 fully saturated rings. The summed E-state index contributed by atoms with van der Waals surface area (Å²) in [6, 6.07) is 5.39. The lowest BCUT2D eigenvalue weighted by atomic mass is 9.87. The zero-order valence-electron chi connectivity index (χ0n) is 20.4. The molecular formula is C24H32N4O6S. The van der Waals surface area contributed by atoms with Crippen molar-refractivity contribution in [3.8, 4) is 0 Å². The molecular weight excluding hydrogens is 472 g/mol. The molecule has 3 atom stereocenters. The maximum Gasteiger partial charge on any atom is 0.287 e. The standard InChI is InChI=1S/C24H32N4O6S/c1-16-10-11-17(19(29)15-28(16)35(32,33)21-9-5-6-12-25-21)26-22(30)18(14-24(2,3)4)27-23(31)20-8-7-13-34-20/h5-9,12-13,16-18H,10-11,14-15H2,1-4H3,(H,26,30)(H,27,31)/t16-,17+,18+/m1/s1. The summed E-state index contributed by atoms with van der Waals surface area (Å²) in [5, 5.41) is 5.30. The summed E-state index contributed by atoms with van der Waals surface area (Å²) in [4.78, 5) is 42.7. The van der Waals surface area contributed by atoms with Crippen LogP contribution in [0.25, 0.3) is 0 Å². The van der Waals surface area contributed by atoms with E-state index in [1.165, 1.54) is 24.6 Å². The second-order valence-electron chi connectivity index (χ2n) is 9.94. The van der Waals surface area contributed by atoms with Crippen molar-refractivity contribution < 1.29 is 27.2 Å². The number of nitrogens with one attached hydrogen (secondary N) is 2. The van der Waals surface area contributed by atoms with Crippen LogP contribution >= 0.6 is 0 Å². The number of carbonyl (C=O) groups excluding carboxylic acids is 3. The molecule has 2 aromatic heterocycles. The Labute approximate surface area is 205 Å². The first-order chi connectivity index (χ1) is 16.4. The first-order valence-corrected chi connectivity index (χ1v) is 12.9. The molecule has 3 heterocycles. The highest BCUT2D eigenvalue weighted by molar-refractivity contribution is 7.89. The van der Waals surface area contributed by atoms with Crippen LogP contribution in [0.4, 0.5) is 0 Å². The highest BCUT2D eigenvalue weighted by Crippen LogP contribution is 2.24. The van der Waals surface area contributed by atoms with Gasteiger partial charge in [-0.1, -0.05) is 26.8 Å². The highest BCUT2D eigenvalue weighted by atomic mass is 32.2. The highest BCUT2D eigenvalue weighted by Gasteiger charge is 2.38. The molecule has 0 bridgehead atoms. The molecule has 0 spiro atoms. The molecule has 35 heavy (non-hydrogen) atoms. The van der Waals surface area contributed by atoms with Crippen LogP contribution < -0.4 is 10.6 Å². The Kier molecular flexibility index (Phi) is 8.11. The average Bonchev–Trinajstić information content (AvgIpc) is 3.29. The van der Waals surface area contributed by atoms with Crippen LogP contribution in [0, 0.1) is 5.41 Å². The number of sulfonamides is 1. The number of ketones is 1. The SMILES string of the molecule is C[C@@H]1CC[C@H](NC(=O)[C@H](CC(C)(C)C)NC(=O)c2ccco2)C(=O)CN1S(=O)(=O)c1ccccn1. The molecule has 190 valence electrons. The van der Waals surface area contributed by atoms with Crippen LogP contribution in [0.2, 0.25) is 0 Å². The van der Waals surface area contributed by atoms with Gasteiger partial charge in [-0.2, -0.15) is 4.31 Å². The molecule has 2 aromatic rings. The van der Waals surface area contributed by atoms with Crippen molar-refractivity contribution in [3.63, 3.8) is 0 Å². The molecule has 2 amide bonds. The number of hydrogen-bond donors (Lipinski definition) is 2. The van der Waals surface area contributed by atoms with Crippen molar-refractivity contribution in [1.29, 1.82) is 0 Å². The van der Waals surface area contributed by atoms with E-state index in [2.05, 4.69) is 15.6 Å². The van der Waals surface area contributed by atoms with Gasteiger partial charge in [-0.05, 0) is 55.9 Å². The Morgan fingerprint density at radius 2 is 1.94 bits per heavy atom. The Hall–Kier alpha value is -3.05. The number of furan rings is 1. The Balaban J connectivity index is 1.74. The van der Waals surface area contributed by atoms with Crippen molar-refractivity contribution in [2.45, 2.75) is 70.1 Å². The quantitative estimate of drug-likeness (QED) is 0.589. The zero-order valence-corrected chi connectivity index (χ0v) is 21.2. The Morgan fingerprint density at radius 3 is 2.54 bits per heavy atom. The van der Waals surface area contributed by atoms with Gasteiger partial charge in [-0.25, -0.2) is 13.4 Å². The van der Waals surface area contributed by atoms with E-state index in [1.54, 1.807) is 25.1 Å². The van der Waals surface area contributed by atoms with E-state index in [9.17, 15) is 22.8 Å². The van der Waals surface area contributed by atoms with Crippen molar-refractivity contribution >= 4 is 27.6 Å².